The lowest BCUT2D eigenvalue weighted by Crippen LogP contribution is -2.80. The Hall–Kier alpha value is 2.10. The van der Waals surface area contributed by atoms with E-state index in [1.807, 2.05) is 0 Å². The molecule has 214 valence electrons. The first kappa shape index (κ1) is 36.6. The molecule has 1 aromatic carbocycles. The van der Waals surface area contributed by atoms with Crippen molar-refractivity contribution in [2.75, 3.05) is 0 Å². The summed E-state index contributed by atoms with van der Waals surface area (Å²) in [5.74, 6) is 0. The van der Waals surface area contributed by atoms with E-state index in [0.717, 1.165) is 25.5 Å². The normalized spacial score (nSPS) is 13.2. The van der Waals surface area contributed by atoms with Crippen molar-refractivity contribution in [3.63, 3.8) is 0 Å². The van der Waals surface area contributed by atoms with Crippen LogP contribution in [0.3, 0.4) is 0 Å². The fraction of sp³-hybridized carbons (Fsp3) is 0.360. The van der Waals surface area contributed by atoms with Gasteiger partial charge in [0.1, 0.15) is 12.4 Å². The number of pyridine rings is 2. The van der Waals surface area contributed by atoms with Gasteiger partial charge in [-0.05, 0) is 49.2 Å². The van der Waals surface area contributed by atoms with Crippen LogP contribution in [0.25, 0.3) is 11.4 Å². The molecule has 0 spiro atoms. The van der Waals surface area contributed by atoms with Crippen LogP contribution in [0.4, 0.5) is 0 Å². The Bertz CT molecular complexity index is 1190. The summed E-state index contributed by atoms with van der Waals surface area (Å²) in [6.07, 6.45) is 13.9. The molecule has 0 aliphatic carbocycles. The number of hydrogen-bond acceptors (Lipinski definition) is 0. The number of nitrogens with zero attached hydrogens (tertiary/aromatic N) is 2. The molecule has 0 unspecified atom stereocenters. The summed E-state index contributed by atoms with van der Waals surface area (Å²) in [4.78, 5) is 0. The number of benzene rings is 1. The molecular formula is C25H29B4Br9N2. The first-order valence-corrected chi connectivity index (χ1v) is 21.5. The summed E-state index contributed by atoms with van der Waals surface area (Å²) in [5.41, 5.74) is 7.97. The summed E-state index contributed by atoms with van der Waals surface area (Å²) < 4.78 is 4.96. The van der Waals surface area contributed by atoms with Gasteiger partial charge in [-0.3, -0.25) is 0 Å². The van der Waals surface area contributed by atoms with Crippen LogP contribution in [0.15, 0.2) is 60.9 Å². The molecule has 1 aliphatic rings. The van der Waals surface area contributed by atoms with E-state index in [-0.39, 0.29) is 0 Å². The van der Waals surface area contributed by atoms with E-state index >= 15 is 0 Å². The molecule has 40 heavy (non-hydrogen) atoms. The first-order chi connectivity index (χ1) is 18.8. The highest BCUT2D eigenvalue weighted by atomic mass is 80.0. The van der Waals surface area contributed by atoms with Gasteiger partial charge >= 0.3 is 5.24 Å². The van der Waals surface area contributed by atoms with Crippen molar-refractivity contribution in [1.29, 1.82) is 0 Å². The van der Waals surface area contributed by atoms with E-state index in [1.165, 1.54) is 59.2 Å². The van der Waals surface area contributed by atoms with E-state index in [4.69, 9.17) is 0 Å². The maximum Gasteiger partial charge on any atom is 0.634 e. The minimum absolute atomic E-state index is 0.411. The van der Waals surface area contributed by atoms with Crippen LogP contribution in [0.1, 0.15) is 42.4 Å². The van der Waals surface area contributed by atoms with Gasteiger partial charge in [-0.2, -0.15) is 15.8 Å². The van der Waals surface area contributed by atoms with Gasteiger partial charge in [-0.15, -0.1) is 63.0 Å². The molecule has 0 radical (unpaired) electrons. The average molecular weight is 1120 g/mol. The van der Waals surface area contributed by atoms with Crippen LogP contribution in [-0.2, 0) is 12.8 Å². The Labute approximate surface area is 314 Å². The van der Waals surface area contributed by atoms with Gasteiger partial charge in [0.05, 0.1) is 0 Å². The van der Waals surface area contributed by atoms with Crippen LogP contribution in [-0.4, -0.2) is 15.4 Å². The number of unbranched alkanes of at least 4 members (excludes halogenated alkanes) is 2. The summed E-state index contributed by atoms with van der Waals surface area (Å²) >= 11 is 31.4. The predicted octanol–water partition coefficient (Wildman–Crippen LogP) is 10.4. The molecule has 0 atom stereocenters. The Balaban J connectivity index is 0.000000810. The minimum atomic E-state index is -1.32. The van der Waals surface area contributed by atoms with Gasteiger partial charge in [0.2, 0.25) is 12.8 Å². The summed E-state index contributed by atoms with van der Waals surface area (Å²) in [6.45, 7) is 2.15. The Morgan fingerprint density at radius 3 is 1.45 bits per heavy atom. The standard InChI is InChI=1S/C25H29B3Br5N2.BBr4/c1-20-8-10-23(11-9-20)28(33)34-16-12-21(6-2-4-14-26(29)30)18-24(34)25-19-22(13-17-35(25)28)7-3-5-15-27(31)32;2-1(3,4)5/h8-13,16-19H,2-7,14-15H2,1H3;/q+1;-1. The van der Waals surface area contributed by atoms with Crippen LogP contribution < -0.4 is 14.4 Å². The first-order valence-electron chi connectivity index (χ1n) is 13.2. The van der Waals surface area contributed by atoms with Gasteiger partial charge < -0.3 is 72.0 Å². The molecule has 15 heteroatoms. The van der Waals surface area contributed by atoms with Gasteiger partial charge in [0.25, 0.3) is 8.72 Å². The van der Waals surface area contributed by atoms with Gasteiger partial charge in [-0.25, -0.2) is 0 Å². The lowest BCUT2D eigenvalue weighted by Gasteiger charge is -2.19. The van der Waals surface area contributed by atoms with E-state index in [1.54, 1.807) is 0 Å². The van der Waals surface area contributed by atoms with Crippen molar-refractivity contribution < 1.29 is 8.96 Å². The number of aromatic nitrogens is 2. The zero-order chi connectivity index (χ0) is 29.5. The number of aryl methyl sites for hydroxylation is 3. The number of halogens is 9. The van der Waals surface area contributed by atoms with Gasteiger partial charge in [0.15, 0.2) is 0 Å². The summed E-state index contributed by atoms with van der Waals surface area (Å²) in [6, 6.07) is 18.4. The molecular weight excluding hydrogens is 1090 g/mol. The second kappa shape index (κ2) is 17.1. The third-order valence-electron chi connectivity index (χ3n) is 6.88. The SMILES string of the molecule is Br[B-](Br)(Br)Br.Cc1ccc([B-]2(Br)[n+]3ccc(CCCCB(Br)Br)cc3-c3cc(CCCCB(Br)Br)cc[n+]32)cc1. The van der Waals surface area contributed by atoms with Crippen molar-refractivity contribution in [2.45, 2.75) is 58.1 Å². The second-order valence-corrected chi connectivity index (χ2v) is 31.0. The fourth-order valence-corrected chi connectivity index (χ4v) is 7.27. The molecule has 4 rings (SSSR count). The molecule has 0 amide bonds. The highest BCUT2D eigenvalue weighted by Crippen LogP contribution is 2.33. The molecule has 3 aromatic rings. The molecule has 2 nitrogen and oxygen atoms in total. The number of hydrogen-bond donors (Lipinski definition) is 0. The Morgan fingerprint density at radius 1 is 0.675 bits per heavy atom. The molecule has 0 bridgehead atoms. The maximum absolute atomic E-state index is 4.25. The highest BCUT2D eigenvalue weighted by molar-refractivity contribution is 9.90. The average Bonchev–Trinajstić information content (AvgIpc) is 3.12. The molecule has 1 aliphatic heterocycles. The van der Waals surface area contributed by atoms with Crippen molar-refractivity contribution in [3.8, 4) is 11.4 Å². The number of rotatable bonds is 11. The zero-order valence-electron chi connectivity index (χ0n) is 22.0. The molecule has 0 N–H and O–H groups in total. The third-order valence-corrected chi connectivity index (χ3v) is 10.1. The van der Waals surface area contributed by atoms with E-state index in [2.05, 4.69) is 219 Å². The highest BCUT2D eigenvalue weighted by Gasteiger charge is 2.56. The van der Waals surface area contributed by atoms with Crippen LogP contribution in [0.2, 0.25) is 12.6 Å². The Morgan fingerprint density at radius 2 is 1.07 bits per heavy atom. The molecule has 0 fully saturated rings. The summed E-state index contributed by atoms with van der Waals surface area (Å²) in [5, 5.41) is -1.32. The minimum Gasteiger partial charge on any atom is -0.334 e. The van der Waals surface area contributed by atoms with Crippen LogP contribution >= 0.6 is 142 Å². The van der Waals surface area contributed by atoms with Crippen molar-refractivity contribution in [2.24, 2.45) is 0 Å². The largest absolute Gasteiger partial charge is 0.634 e. The van der Waals surface area contributed by atoms with Gasteiger partial charge in [-0.1, -0.05) is 55.3 Å². The van der Waals surface area contributed by atoms with E-state index in [9.17, 15) is 0 Å². The molecule has 3 heterocycles. The molecule has 0 saturated carbocycles. The monoisotopic (exact) mass is 1110 g/mol. The molecule has 2 aromatic heterocycles. The predicted molar refractivity (Wildman–Crippen MR) is 213 cm³/mol. The third kappa shape index (κ3) is 11.2. The van der Waals surface area contributed by atoms with Crippen molar-refractivity contribution >= 4 is 163 Å². The lowest BCUT2D eigenvalue weighted by atomic mass is 9.67. The van der Waals surface area contributed by atoms with E-state index in [0.29, 0.717) is 8.72 Å². The zero-order valence-corrected chi connectivity index (χ0v) is 36.3. The van der Waals surface area contributed by atoms with Crippen LogP contribution in [0, 0.1) is 6.92 Å². The maximum atomic E-state index is 4.25. The van der Waals surface area contributed by atoms with Gasteiger partial charge in [0, 0.05) is 24.3 Å². The lowest BCUT2D eigenvalue weighted by molar-refractivity contribution is -0.630. The fourth-order valence-electron chi connectivity index (χ4n) is 4.95. The van der Waals surface area contributed by atoms with Crippen molar-refractivity contribution in [3.05, 3.63) is 77.6 Å². The smallest absolute Gasteiger partial charge is 0.334 e. The summed E-state index contributed by atoms with van der Waals surface area (Å²) in [7, 11) is 0. The Kier molecular flexibility index (Phi) is 15.7. The van der Waals surface area contributed by atoms with Crippen LogP contribution in [0.5, 0.6) is 0 Å². The molecule has 0 saturated heterocycles. The van der Waals surface area contributed by atoms with Crippen molar-refractivity contribution in [1.82, 2.24) is 0 Å². The van der Waals surface area contributed by atoms with E-state index < -0.39 is 6.68 Å². The quantitative estimate of drug-likeness (QED) is 0.134. The topological polar surface area (TPSA) is 7.76 Å². The number of fused-ring (bicyclic) bond motifs is 3. The second-order valence-electron chi connectivity index (χ2n) is 10.0.